The molecule has 1 heterocycles. The van der Waals surface area contributed by atoms with Gasteiger partial charge in [0.2, 0.25) is 0 Å². The highest BCUT2D eigenvalue weighted by Crippen LogP contribution is 2.44. The fourth-order valence-corrected chi connectivity index (χ4v) is 4.04. The van der Waals surface area contributed by atoms with Crippen LogP contribution in [0.25, 0.3) is 5.76 Å². The van der Waals surface area contributed by atoms with Gasteiger partial charge in [-0.15, -0.1) is 0 Å². The Kier molecular flexibility index (Phi) is 6.29. The van der Waals surface area contributed by atoms with Crippen LogP contribution in [0.15, 0.2) is 72.3 Å². The Morgan fingerprint density at radius 3 is 2.20 bits per heavy atom. The van der Waals surface area contributed by atoms with Gasteiger partial charge in [0.25, 0.3) is 11.7 Å². The van der Waals surface area contributed by atoms with Crippen molar-refractivity contribution in [3.63, 3.8) is 0 Å². The van der Waals surface area contributed by atoms with E-state index in [0.29, 0.717) is 5.75 Å². The minimum atomic E-state index is -4.60. The average Bonchev–Trinajstić information content (AvgIpc) is 3.09. The van der Waals surface area contributed by atoms with E-state index in [-0.39, 0.29) is 27.4 Å². The number of amides is 1. The summed E-state index contributed by atoms with van der Waals surface area (Å²) < 4.78 is 57.9. The van der Waals surface area contributed by atoms with Gasteiger partial charge < -0.3 is 9.84 Å². The molecule has 5 nitrogen and oxygen atoms in total. The Balaban J connectivity index is 1.93. The van der Waals surface area contributed by atoms with Gasteiger partial charge in [0.1, 0.15) is 17.3 Å². The quantitative estimate of drug-likeness (QED) is 0.200. The number of hydrogen-bond donors (Lipinski definition) is 1. The van der Waals surface area contributed by atoms with Crippen LogP contribution in [0.5, 0.6) is 5.75 Å². The average molecular weight is 506 g/mol. The van der Waals surface area contributed by atoms with Gasteiger partial charge in [0.15, 0.2) is 0 Å². The second-order valence-electron chi connectivity index (χ2n) is 7.61. The van der Waals surface area contributed by atoms with Crippen molar-refractivity contribution < 1.29 is 37.0 Å². The number of nitrogens with zero attached hydrogens (tertiary/aromatic N) is 1. The molecule has 10 heteroatoms. The number of aliphatic hydroxyl groups is 1. The number of Topliss-reactive ketones (excluding diaryl/α,β-unsaturated/α-hetero) is 1. The van der Waals surface area contributed by atoms with Crippen LogP contribution in [0.1, 0.15) is 22.7 Å². The van der Waals surface area contributed by atoms with E-state index in [2.05, 4.69) is 0 Å². The maximum Gasteiger partial charge on any atom is 0.416 e. The number of ketones is 1. The minimum absolute atomic E-state index is 0.00328. The first-order valence-electron chi connectivity index (χ1n) is 10.1. The van der Waals surface area contributed by atoms with Gasteiger partial charge in [-0.2, -0.15) is 13.2 Å². The highest BCUT2D eigenvalue weighted by atomic mass is 35.5. The standard InChI is InChI=1S/C25H16ClF4NO4/c1-35-17-10-11-19(26)18(12-17)22(32)20-21(13-2-6-15(27)7-3-13)31(24(34)23(20)33)16-8-4-14(5-9-16)25(28,29)30/h2-12,21,32H,1H3/b22-20+. The molecule has 1 aliphatic rings. The van der Waals surface area contributed by atoms with Crippen LogP contribution in [-0.2, 0) is 15.8 Å². The molecule has 4 rings (SSSR count). The van der Waals surface area contributed by atoms with Crippen molar-refractivity contribution in [1.29, 1.82) is 0 Å². The molecule has 0 spiro atoms. The number of carbonyl (C=O) groups excluding carboxylic acids is 2. The van der Waals surface area contributed by atoms with Crippen molar-refractivity contribution in [2.24, 2.45) is 0 Å². The van der Waals surface area contributed by atoms with Gasteiger partial charge in [-0.3, -0.25) is 14.5 Å². The third-order valence-electron chi connectivity index (χ3n) is 5.53. The van der Waals surface area contributed by atoms with Crippen molar-refractivity contribution in [1.82, 2.24) is 0 Å². The summed E-state index contributed by atoms with van der Waals surface area (Å²) >= 11 is 6.22. The number of hydrogen-bond acceptors (Lipinski definition) is 4. The van der Waals surface area contributed by atoms with Crippen LogP contribution in [0.3, 0.4) is 0 Å². The second-order valence-corrected chi connectivity index (χ2v) is 8.02. The third-order valence-corrected chi connectivity index (χ3v) is 5.86. The van der Waals surface area contributed by atoms with E-state index >= 15 is 0 Å². The first-order chi connectivity index (χ1) is 16.5. The molecule has 1 atom stereocenters. The summed E-state index contributed by atoms with van der Waals surface area (Å²) in [5.74, 6) is -3.06. The second kappa shape index (κ2) is 9.07. The lowest BCUT2D eigenvalue weighted by atomic mass is 9.95. The van der Waals surface area contributed by atoms with Crippen molar-refractivity contribution in [3.05, 3.63) is 99.8 Å². The van der Waals surface area contributed by atoms with Crippen LogP contribution in [0.2, 0.25) is 5.02 Å². The molecule has 0 bridgehead atoms. The molecule has 3 aromatic carbocycles. The number of anilines is 1. The highest BCUT2D eigenvalue weighted by molar-refractivity contribution is 6.52. The van der Waals surface area contributed by atoms with Crippen molar-refractivity contribution >= 4 is 34.7 Å². The molecule has 35 heavy (non-hydrogen) atoms. The summed E-state index contributed by atoms with van der Waals surface area (Å²) in [6, 6.07) is 11.5. The summed E-state index contributed by atoms with van der Waals surface area (Å²) in [5, 5.41) is 11.2. The lowest BCUT2D eigenvalue weighted by Gasteiger charge is -2.26. The molecule has 0 aliphatic carbocycles. The molecule has 180 valence electrons. The van der Waals surface area contributed by atoms with Crippen molar-refractivity contribution in [2.75, 3.05) is 12.0 Å². The fourth-order valence-electron chi connectivity index (χ4n) is 3.83. The highest BCUT2D eigenvalue weighted by Gasteiger charge is 2.47. The normalized spacial score (nSPS) is 17.7. The summed E-state index contributed by atoms with van der Waals surface area (Å²) in [6.45, 7) is 0. The summed E-state index contributed by atoms with van der Waals surface area (Å²) in [5.41, 5.74) is -1.09. The van der Waals surface area contributed by atoms with E-state index in [0.717, 1.165) is 41.3 Å². The zero-order chi connectivity index (χ0) is 25.5. The first-order valence-corrected chi connectivity index (χ1v) is 10.5. The Labute approximate surface area is 201 Å². The Morgan fingerprint density at radius 1 is 1.00 bits per heavy atom. The number of alkyl halides is 3. The van der Waals surface area contributed by atoms with Gasteiger partial charge in [0.05, 0.1) is 29.3 Å². The number of halogens is 5. The zero-order valence-electron chi connectivity index (χ0n) is 17.9. The molecule has 1 unspecified atom stereocenters. The van der Waals surface area contributed by atoms with E-state index in [1.165, 1.54) is 37.4 Å². The smallest absolute Gasteiger partial charge is 0.416 e. The van der Waals surface area contributed by atoms with Gasteiger partial charge in [-0.1, -0.05) is 23.7 Å². The number of methoxy groups -OCH3 is 1. The Morgan fingerprint density at radius 2 is 1.63 bits per heavy atom. The maximum atomic E-state index is 13.6. The molecule has 3 aromatic rings. The van der Waals surface area contributed by atoms with Gasteiger partial charge in [-0.25, -0.2) is 4.39 Å². The summed E-state index contributed by atoms with van der Waals surface area (Å²) in [6.07, 6.45) is -4.60. The monoisotopic (exact) mass is 505 g/mol. The Bertz CT molecular complexity index is 1340. The van der Waals surface area contributed by atoms with Crippen molar-refractivity contribution in [3.8, 4) is 5.75 Å². The maximum absolute atomic E-state index is 13.6. The molecule has 1 aliphatic heterocycles. The van der Waals surface area contributed by atoms with E-state index in [1.807, 2.05) is 0 Å². The van der Waals surface area contributed by atoms with Crippen LogP contribution in [-0.4, -0.2) is 23.9 Å². The largest absolute Gasteiger partial charge is 0.507 e. The SMILES string of the molecule is COc1ccc(Cl)c(/C(O)=C2\C(=O)C(=O)N(c3ccc(C(F)(F)F)cc3)C2c2ccc(F)cc2)c1. The van der Waals surface area contributed by atoms with E-state index in [1.54, 1.807) is 0 Å². The molecular formula is C25H16ClF4NO4. The summed E-state index contributed by atoms with van der Waals surface area (Å²) in [7, 11) is 1.38. The molecule has 1 fully saturated rings. The van der Waals surface area contributed by atoms with Crippen molar-refractivity contribution in [2.45, 2.75) is 12.2 Å². The summed E-state index contributed by atoms with van der Waals surface area (Å²) in [4.78, 5) is 27.1. The number of aliphatic hydroxyl groups excluding tert-OH is 1. The molecule has 0 saturated carbocycles. The molecular weight excluding hydrogens is 490 g/mol. The molecule has 1 N–H and O–H groups in total. The topological polar surface area (TPSA) is 66.8 Å². The van der Waals surface area contributed by atoms with E-state index < -0.39 is 41.0 Å². The Hall–Kier alpha value is -3.85. The van der Waals surface area contributed by atoms with Gasteiger partial charge in [-0.05, 0) is 60.2 Å². The first kappa shape index (κ1) is 24.3. The number of ether oxygens (including phenoxy) is 1. The zero-order valence-corrected chi connectivity index (χ0v) is 18.7. The van der Waals surface area contributed by atoms with Crippen LogP contribution in [0.4, 0.5) is 23.2 Å². The molecule has 0 radical (unpaired) electrons. The predicted molar refractivity (Wildman–Crippen MR) is 121 cm³/mol. The third kappa shape index (κ3) is 4.46. The van der Waals surface area contributed by atoms with Crippen LogP contribution < -0.4 is 9.64 Å². The van der Waals surface area contributed by atoms with Crippen LogP contribution >= 0.6 is 11.6 Å². The number of carbonyl (C=O) groups is 2. The van der Waals surface area contributed by atoms with Gasteiger partial charge >= 0.3 is 6.18 Å². The fraction of sp³-hybridized carbons (Fsp3) is 0.120. The minimum Gasteiger partial charge on any atom is -0.507 e. The lowest BCUT2D eigenvalue weighted by Crippen LogP contribution is -2.29. The van der Waals surface area contributed by atoms with Crippen LogP contribution in [0, 0.1) is 5.82 Å². The number of benzene rings is 3. The molecule has 0 aromatic heterocycles. The van der Waals surface area contributed by atoms with E-state index in [9.17, 15) is 32.3 Å². The molecule has 1 saturated heterocycles. The predicted octanol–water partition coefficient (Wildman–Crippen LogP) is 6.13. The molecule has 1 amide bonds. The van der Waals surface area contributed by atoms with E-state index in [4.69, 9.17) is 16.3 Å². The van der Waals surface area contributed by atoms with Gasteiger partial charge in [0, 0.05) is 11.3 Å². The lowest BCUT2D eigenvalue weighted by molar-refractivity contribution is -0.137. The number of rotatable bonds is 4.